The predicted molar refractivity (Wildman–Crippen MR) is 111 cm³/mol. The number of nitrogens with one attached hydrogen (secondary N) is 2. The third-order valence-electron chi connectivity index (χ3n) is 3.97. The minimum atomic E-state index is -0.246. The van der Waals surface area contributed by atoms with Crippen molar-refractivity contribution in [3.8, 4) is 0 Å². The van der Waals surface area contributed by atoms with Crippen LogP contribution in [0.25, 0.3) is 11.0 Å². The number of hydrogen-bond donors (Lipinski definition) is 2. The van der Waals surface area contributed by atoms with Crippen molar-refractivity contribution in [3.63, 3.8) is 0 Å². The molecule has 9 nitrogen and oxygen atoms in total. The van der Waals surface area contributed by atoms with E-state index in [0.29, 0.717) is 25.2 Å². The Bertz CT molecular complexity index is 1030. The Balaban J connectivity index is 1.50. The third kappa shape index (κ3) is 4.36. The van der Waals surface area contributed by atoms with Crippen LogP contribution in [-0.4, -0.2) is 53.1 Å². The number of thioether (sulfide) groups is 2. The SMILES string of the molecule is O=C(CSc1nc2c(cnn2C2CCSCC2)c(=O)[nH]1)Nc1nnc(Br)s1. The minimum absolute atomic E-state index is 0.0971. The van der Waals surface area contributed by atoms with Gasteiger partial charge in [0.15, 0.2) is 14.7 Å². The molecule has 1 aliphatic heterocycles. The fourth-order valence-electron chi connectivity index (χ4n) is 2.73. The lowest BCUT2D eigenvalue weighted by molar-refractivity contribution is -0.113. The summed E-state index contributed by atoms with van der Waals surface area (Å²) in [5, 5.41) is 15.9. The van der Waals surface area contributed by atoms with Crippen LogP contribution in [0.5, 0.6) is 0 Å². The smallest absolute Gasteiger partial charge is 0.262 e. The van der Waals surface area contributed by atoms with Crippen molar-refractivity contribution in [2.45, 2.75) is 24.0 Å². The highest BCUT2D eigenvalue weighted by Gasteiger charge is 2.20. The van der Waals surface area contributed by atoms with Gasteiger partial charge in [-0.05, 0) is 40.3 Å². The van der Waals surface area contributed by atoms with Crippen molar-refractivity contribution in [2.75, 3.05) is 22.6 Å². The number of carbonyl (C=O) groups is 1. The molecule has 0 unspecified atom stereocenters. The van der Waals surface area contributed by atoms with Gasteiger partial charge in [0, 0.05) is 0 Å². The zero-order chi connectivity index (χ0) is 18.8. The fraction of sp³-hybridized carbons (Fsp3) is 0.429. The summed E-state index contributed by atoms with van der Waals surface area (Å²) in [5.41, 5.74) is 0.332. The van der Waals surface area contributed by atoms with Gasteiger partial charge in [-0.25, -0.2) is 9.67 Å². The molecule has 1 amide bonds. The van der Waals surface area contributed by atoms with E-state index in [9.17, 15) is 9.59 Å². The number of H-pyrrole nitrogens is 1. The summed E-state index contributed by atoms with van der Waals surface area (Å²) < 4.78 is 2.45. The normalized spacial score (nSPS) is 15.3. The van der Waals surface area contributed by atoms with Gasteiger partial charge in [0.05, 0.1) is 18.0 Å². The monoisotopic (exact) mass is 487 g/mol. The van der Waals surface area contributed by atoms with E-state index >= 15 is 0 Å². The first-order chi connectivity index (χ1) is 13.1. The van der Waals surface area contributed by atoms with Crippen LogP contribution in [0.15, 0.2) is 20.1 Å². The van der Waals surface area contributed by atoms with E-state index in [1.54, 1.807) is 6.20 Å². The van der Waals surface area contributed by atoms with Gasteiger partial charge in [-0.1, -0.05) is 23.1 Å². The van der Waals surface area contributed by atoms with Gasteiger partial charge in [0.1, 0.15) is 5.39 Å². The average Bonchev–Trinajstić information content (AvgIpc) is 3.27. The predicted octanol–water partition coefficient (Wildman–Crippen LogP) is 2.53. The molecule has 0 aliphatic carbocycles. The first-order valence-electron chi connectivity index (χ1n) is 8.07. The average molecular weight is 488 g/mol. The molecule has 142 valence electrons. The summed E-state index contributed by atoms with van der Waals surface area (Å²) in [7, 11) is 0. The molecule has 0 radical (unpaired) electrons. The molecule has 0 aromatic carbocycles. The highest BCUT2D eigenvalue weighted by Crippen LogP contribution is 2.28. The van der Waals surface area contributed by atoms with Gasteiger partial charge < -0.3 is 4.98 Å². The molecule has 4 heterocycles. The maximum Gasteiger partial charge on any atom is 0.262 e. The number of amides is 1. The van der Waals surface area contributed by atoms with Crippen LogP contribution in [0.4, 0.5) is 5.13 Å². The fourth-order valence-corrected chi connectivity index (χ4v) is 5.49. The Morgan fingerprint density at radius 3 is 2.96 bits per heavy atom. The number of rotatable bonds is 5. The highest BCUT2D eigenvalue weighted by molar-refractivity contribution is 9.11. The van der Waals surface area contributed by atoms with Gasteiger partial charge >= 0.3 is 0 Å². The molecule has 0 atom stereocenters. The minimum Gasteiger partial charge on any atom is -0.301 e. The van der Waals surface area contributed by atoms with Crippen LogP contribution >= 0.6 is 50.8 Å². The Morgan fingerprint density at radius 2 is 2.22 bits per heavy atom. The molecular weight excluding hydrogens is 474 g/mol. The first-order valence-corrected chi connectivity index (χ1v) is 11.8. The van der Waals surface area contributed by atoms with Crippen LogP contribution in [-0.2, 0) is 4.79 Å². The summed E-state index contributed by atoms with van der Waals surface area (Å²) in [6.07, 6.45) is 3.59. The summed E-state index contributed by atoms with van der Waals surface area (Å²) >= 11 is 7.52. The Hall–Kier alpha value is -1.44. The van der Waals surface area contributed by atoms with E-state index in [-0.39, 0.29) is 23.3 Å². The second-order valence-corrected chi connectivity index (χ2v) is 10.2. The number of carbonyl (C=O) groups excluding carboxylic acids is 1. The van der Waals surface area contributed by atoms with Crippen molar-refractivity contribution < 1.29 is 4.79 Å². The van der Waals surface area contributed by atoms with Crippen molar-refractivity contribution in [1.29, 1.82) is 0 Å². The molecule has 0 saturated carbocycles. The van der Waals surface area contributed by atoms with E-state index in [0.717, 1.165) is 36.1 Å². The maximum absolute atomic E-state index is 12.3. The number of halogens is 1. The van der Waals surface area contributed by atoms with Crippen LogP contribution in [0, 0.1) is 0 Å². The van der Waals surface area contributed by atoms with E-state index in [1.165, 1.54) is 11.3 Å². The van der Waals surface area contributed by atoms with E-state index in [1.807, 2.05) is 16.4 Å². The third-order valence-corrected chi connectivity index (χ3v) is 7.16. The lowest BCUT2D eigenvalue weighted by atomic mass is 10.1. The zero-order valence-corrected chi connectivity index (χ0v) is 17.9. The molecule has 1 aliphatic rings. The van der Waals surface area contributed by atoms with Crippen LogP contribution < -0.4 is 10.9 Å². The molecule has 0 bridgehead atoms. The quantitative estimate of drug-likeness (QED) is 0.416. The molecule has 3 aromatic rings. The van der Waals surface area contributed by atoms with Crippen molar-refractivity contribution in [1.82, 2.24) is 29.9 Å². The first kappa shape index (κ1) is 18.9. The summed E-state index contributed by atoms with van der Waals surface area (Å²) in [6, 6.07) is 0.259. The van der Waals surface area contributed by atoms with Crippen LogP contribution in [0.1, 0.15) is 18.9 Å². The van der Waals surface area contributed by atoms with Gasteiger partial charge in [-0.15, -0.1) is 10.2 Å². The number of hydrogen-bond acceptors (Lipinski definition) is 9. The van der Waals surface area contributed by atoms with E-state index in [4.69, 9.17) is 0 Å². The van der Waals surface area contributed by atoms with Gasteiger partial charge in [-0.3, -0.25) is 14.9 Å². The largest absolute Gasteiger partial charge is 0.301 e. The second-order valence-electron chi connectivity index (χ2n) is 5.74. The molecule has 27 heavy (non-hydrogen) atoms. The van der Waals surface area contributed by atoms with Crippen molar-refractivity contribution in [3.05, 3.63) is 20.5 Å². The standard InChI is InChI=1S/C14H14BrN7O2S3/c15-12-20-21-14(27-12)17-9(23)6-26-13-18-10-8(11(24)19-13)5-16-22(10)7-1-3-25-4-2-7/h5,7H,1-4,6H2,(H,17,21,23)(H,18,19,24). The number of aromatic amines is 1. The highest BCUT2D eigenvalue weighted by atomic mass is 79.9. The molecule has 4 rings (SSSR count). The van der Waals surface area contributed by atoms with Crippen molar-refractivity contribution >= 4 is 72.9 Å². The van der Waals surface area contributed by atoms with E-state index < -0.39 is 0 Å². The Kier molecular flexibility index (Phi) is 5.80. The summed E-state index contributed by atoms with van der Waals surface area (Å²) in [6.45, 7) is 0. The van der Waals surface area contributed by atoms with Crippen LogP contribution in [0.3, 0.4) is 0 Å². The molecule has 1 saturated heterocycles. The molecule has 3 aromatic heterocycles. The second kappa shape index (κ2) is 8.29. The number of fused-ring (bicyclic) bond motifs is 1. The lowest BCUT2D eigenvalue weighted by Crippen LogP contribution is -2.18. The molecule has 2 N–H and O–H groups in total. The molecule has 0 spiro atoms. The van der Waals surface area contributed by atoms with Crippen molar-refractivity contribution in [2.24, 2.45) is 0 Å². The number of anilines is 1. The zero-order valence-electron chi connectivity index (χ0n) is 13.8. The van der Waals surface area contributed by atoms with Crippen LogP contribution in [0.2, 0.25) is 0 Å². The van der Waals surface area contributed by atoms with Gasteiger partial charge in [0.25, 0.3) is 5.56 Å². The summed E-state index contributed by atoms with van der Waals surface area (Å²) in [5.74, 6) is 2.02. The number of nitrogens with zero attached hydrogens (tertiary/aromatic N) is 5. The maximum atomic E-state index is 12.3. The molecule has 13 heteroatoms. The van der Waals surface area contributed by atoms with Gasteiger partial charge in [-0.2, -0.15) is 16.9 Å². The molecule has 1 fully saturated rings. The topological polar surface area (TPSA) is 118 Å². The lowest BCUT2D eigenvalue weighted by Gasteiger charge is -2.22. The van der Waals surface area contributed by atoms with E-state index in [2.05, 4.69) is 46.5 Å². The van der Waals surface area contributed by atoms with Gasteiger partial charge in [0.2, 0.25) is 11.0 Å². The Morgan fingerprint density at radius 1 is 1.41 bits per heavy atom. The number of aromatic nitrogens is 6. The Labute approximate surface area is 174 Å². The molecular formula is C14H14BrN7O2S3. The summed E-state index contributed by atoms with van der Waals surface area (Å²) in [4.78, 5) is 31.7.